The quantitative estimate of drug-likeness (QED) is 0.484. The number of pyridine rings is 1. The number of carbonyl (C=O) groups excluding carboxylic acids is 1. The molecule has 0 radical (unpaired) electrons. The van der Waals surface area contributed by atoms with E-state index >= 15 is 0 Å². The summed E-state index contributed by atoms with van der Waals surface area (Å²) in [6, 6.07) is 4.59. The second-order valence-electron chi connectivity index (χ2n) is 8.80. The van der Waals surface area contributed by atoms with E-state index < -0.39 is 0 Å². The molecule has 6 rings (SSSR count). The molecule has 10 heteroatoms. The fourth-order valence-corrected chi connectivity index (χ4v) is 5.19. The predicted molar refractivity (Wildman–Crippen MR) is 123 cm³/mol. The van der Waals surface area contributed by atoms with Crippen molar-refractivity contribution in [3.05, 3.63) is 30.9 Å². The van der Waals surface area contributed by atoms with E-state index in [1.165, 1.54) is 6.33 Å². The van der Waals surface area contributed by atoms with E-state index in [9.17, 15) is 4.79 Å². The number of aromatic amines is 1. The second-order valence-corrected chi connectivity index (χ2v) is 8.80. The van der Waals surface area contributed by atoms with Crippen molar-refractivity contribution in [3.8, 4) is 17.0 Å². The molecule has 10 nitrogen and oxygen atoms in total. The van der Waals surface area contributed by atoms with E-state index in [1.807, 2.05) is 24.5 Å². The number of likely N-dealkylation sites (tertiary alicyclic amines) is 1. The Morgan fingerprint density at radius 1 is 1.18 bits per heavy atom. The van der Waals surface area contributed by atoms with E-state index in [1.54, 1.807) is 11.6 Å². The number of methoxy groups -OCH3 is 1. The van der Waals surface area contributed by atoms with Gasteiger partial charge in [-0.25, -0.2) is 9.50 Å². The van der Waals surface area contributed by atoms with Crippen LogP contribution < -0.4 is 10.1 Å². The van der Waals surface area contributed by atoms with Crippen molar-refractivity contribution in [3.63, 3.8) is 0 Å². The van der Waals surface area contributed by atoms with Crippen molar-refractivity contribution < 1.29 is 9.53 Å². The van der Waals surface area contributed by atoms with Gasteiger partial charge in [0.05, 0.1) is 12.5 Å². The summed E-state index contributed by atoms with van der Waals surface area (Å²) in [5, 5.41) is 8.55. The summed E-state index contributed by atoms with van der Waals surface area (Å²) >= 11 is 0. The molecule has 0 unspecified atom stereocenters. The van der Waals surface area contributed by atoms with Gasteiger partial charge in [0.1, 0.15) is 12.0 Å². The first kappa shape index (κ1) is 20.0. The lowest BCUT2D eigenvalue weighted by Crippen LogP contribution is -2.41. The molecule has 170 valence electrons. The maximum atomic E-state index is 12.1. The van der Waals surface area contributed by atoms with Crippen LogP contribution in [0.25, 0.3) is 27.8 Å². The molecule has 2 aliphatic rings. The largest absolute Gasteiger partial charge is 0.480 e. The third-order valence-electron chi connectivity index (χ3n) is 6.86. The van der Waals surface area contributed by atoms with Crippen LogP contribution in [0, 0.1) is 0 Å². The van der Waals surface area contributed by atoms with E-state index in [0.717, 1.165) is 66.5 Å². The van der Waals surface area contributed by atoms with Crippen molar-refractivity contribution in [1.29, 1.82) is 0 Å². The van der Waals surface area contributed by atoms with Gasteiger partial charge in [-0.05, 0) is 44.2 Å². The Bertz CT molecular complexity index is 1320. The highest BCUT2D eigenvalue weighted by Gasteiger charge is 2.31. The molecule has 5 heterocycles. The number of nitrogens with one attached hydrogen (secondary N) is 2. The lowest BCUT2D eigenvalue weighted by molar-refractivity contribution is -0.130. The number of hydrogen-bond acceptors (Lipinski definition) is 7. The number of fused-ring (bicyclic) bond motifs is 2. The van der Waals surface area contributed by atoms with Crippen molar-refractivity contribution >= 4 is 28.5 Å². The summed E-state index contributed by atoms with van der Waals surface area (Å²) in [7, 11) is 1.63. The van der Waals surface area contributed by atoms with E-state index in [0.29, 0.717) is 30.2 Å². The van der Waals surface area contributed by atoms with Crippen LogP contribution in [0.1, 0.15) is 38.5 Å². The minimum Gasteiger partial charge on any atom is -0.480 e. The molecule has 0 bridgehead atoms. The Morgan fingerprint density at radius 2 is 2.06 bits per heavy atom. The molecule has 4 aromatic rings. The molecule has 0 spiro atoms. The van der Waals surface area contributed by atoms with Gasteiger partial charge in [0.15, 0.2) is 5.65 Å². The first-order valence-electron chi connectivity index (χ1n) is 11.5. The minimum absolute atomic E-state index is 0.283. The molecule has 33 heavy (non-hydrogen) atoms. The summed E-state index contributed by atoms with van der Waals surface area (Å²) in [5.41, 5.74) is 3.42. The van der Waals surface area contributed by atoms with Crippen LogP contribution in [-0.2, 0) is 4.79 Å². The van der Waals surface area contributed by atoms with Crippen LogP contribution in [0.3, 0.4) is 0 Å². The van der Waals surface area contributed by atoms with Gasteiger partial charge in [0, 0.05) is 48.6 Å². The molecule has 1 saturated heterocycles. The smallest absolute Gasteiger partial charge is 0.228 e. The van der Waals surface area contributed by atoms with Gasteiger partial charge >= 0.3 is 0 Å². The summed E-state index contributed by atoms with van der Waals surface area (Å²) in [5.74, 6) is 1.39. The first-order chi connectivity index (χ1) is 16.2. The van der Waals surface area contributed by atoms with Gasteiger partial charge in [-0.1, -0.05) is 0 Å². The third-order valence-corrected chi connectivity index (χ3v) is 6.86. The average Bonchev–Trinajstić information content (AvgIpc) is 3.58. The van der Waals surface area contributed by atoms with Gasteiger partial charge in [-0.3, -0.25) is 4.79 Å². The van der Waals surface area contributed by atoms with Crippen LogP contribution >= 0.6 is 0 Å². The monoisotopic (exact) mass is 446 g/mol. The highest BCUT2D eigenvalue weighted by atomic mass is 16.5. The summed E-state index contributed by atoms with van der Waals surface area (Å²) in [4.78, 5) is 31.0. The molecule has 0 atom stereocenters. The SMILES string of the molecule is COc1nc(NC2CCC(N3CCCC3=O)CC2)nc2[nH]cc(-c3ccc4ncnn4c3)c12. The Labute approximate surface area is 190 Å². The van der Waals surface area contributed by atoms with E-state index in [2.05, 4.69) is 30.3 Å². The lowest BCUT2D eigenvalue weighted by Gasteiger charge is -2.34. The van der Waals surface area contributed by atoms with Gasteiger partial charge in [-0.15, -0.1) is 0 Å². The zero-order valence-corrected chi connectivity index (χ0v) is 18.5. The number of anilines is 1. The average molecular weight is 447 g/mol. The number of ether oxygens (including phenoxy) is 1. The van der Waals surface area contributed by atoms with Gasteiger partial charge in [0.25, 0.3) is 0 Å². The van der Waals surface area contributed by atoms with Crippen LogP contribution in [0.5, 0.6) is 5.88 Å². The molecule has 1 saturated carbocycles. The summed E-state index contributed by atoms with van der Waals surface area (Å²) < 4.78 is 7.40. The van der Waals surface area contributed by atoms with E-state index in [-0.39, 0.29) is 6.04 Å². The summed E-state index contributed by atoms with van der Waals surface area (Å²) in [6.45, 7) is 0.914. The molecular weight excluding hydrogens is 420 g/mol. The highest BCUT2D eigenvalue weighted by Crippen LogP contribution is 2.35. The van der Waals surface area contributed by atoms with Crippen molar-refractivity contribution in [1.82, 2.24) is 34.4 Å². The Morgan fingerprint density at radius 3 is 2.85 bits per heavy atom. The Kier molecular flexibility index (Phi) is 4.85. The van der Waals surface area contributed by atoms with E-state index in [4.69, 9.17) is 9.72 Å². The number of H-pyrrole nitrogens is 1. The van der Waals surface area contributed by atoms with Gasteiger partial charge < -0.3 is 19.9 Å². The van der Waals surface area contributed by atoms with Crippen LogP contribution in [0.15, 0.2) is 30.9 Å². The first-order valence-corrected chi connectivity index (χ1v) is 11.5. The molecule has 4 aromatic heterocycles. The topological polar surface area (TPSA) is 113 Å². The molecule has 2 N–H and O–H groups in total. The lowest BCUT2D eigenvalue weighted by atomic mass is 9.90. The Hall–Kier alpha value is -3.69. The Balaban J connectivity index is 1.23. The zero-order valence-electron chi connectivity index (χ0n) is 18.5. The van der Waals surface area contributed by atoms with Crippen LogP contribution in [0.4, 0.5) is 5.95 Å². The number of carbonyl (C=O) groups is 1. The van der Waals surface area contributed by atoms with Gasteiger partial charge in [0.2, 0.25) is 17.7 Å². The highest BCUT2D eigenvalue weighted by molar-refractivity contribution is 5.97. The molecule has 2 fully saturated rings. The number of amides is 1. The fourth-order valence-electron chi connectivity index (χ4n) is 5.19. The number of rotatable bonds is 5. The summed E-state index contributed by atoms with van der Waals surface area (Å²) in [6.07, 6.45) is 11.1. The zero-order chi connectivity index (χ0) is 22.4. The van der Waals surface area contributed by atoms with Crippen LogP contribution in [-0.4, -0.2) is 66.1 Å². The van der Waals surface area contributed by atoms with Gasteiger partial charge in [-0.2, -0.15) is 15.1 Å². The second kappa shape index (κ2) is 8.02. The van der Waals surface area contributed by atoms with Crippen LogP contribution in [0.2, 0.25) is 0 Å². The van der Waals surface area contributed by atoms with Crippen molar-refractivity contribution in [2.75, 3.05) is 19.0 Å². The number of aromatic nitrogens is 6. The molecule has 0 aromatic carbocycles. The number of nitrogens with zero attached hydrogens (tertiary/aromatic N) is 6. The predicted octanol–water partition coefficient (Wildman–Crippen LogP) is 3.02. The molecule has 1 aliphatic carbocycles. The minimum atomic E-state index is 0.283. The fraction of sp³-hybridized carbons (Fsp3) is 0.435. The number of hydrogen-bond donors (Lipinski definition) is 2. The van der Waals surface area contributed by atoms with Crippen molar-refractivity contribution in [2.24, 2.45) is 0 Å². The molecule has 1 amide bonds. The normalized spacial score (nSPS) is 21.2. The molecular formula is C23H26N8O2. The standard InChI is InChI=1S/C23H26N8O2/c1-33-22-20-17(14-4-9-18-25-13-26-31(18)12-14)11-24-21(20)28-23(29-22)27-15-5-7-16(8-6-15)30-10-2-3-19(30)32/h4,9,11-13,15-16H,2-3,5-8,10H2,1H3,(H2,24,27,28,29). The van der Waals surface area contributed by atoms with Crippen molar-refractivity contribution in [2.45, 2.75) is 50.6 Å². The third kappa shape index (κ3) is 3.55. The maximum Gasteiger partial charge on any atom is 0.228 e. The molecule has 1 aliphatic heterocycles. The maximum absolute atomic E-state index is 12.1.